The van der Waals surface area contributed by atoms with E-state index in [9.17, 15) is 0 Å². The predicted molar refractivity (Wildman–Crippen MR) is 51.1 cm³/mol. The molecule has 68 valence electrons. The molecule has 12 heavy (non-hydrogen) atoms. The molecule has 0 aromatic carbocycles. The van der Waals surface area contributed by atoms with Crippen LogP contribution in [0, 0.1) is 11.3 Å². The van der Waals surface area contributed by atoms with Gasteiger partial charge in [0.15, 0.2) is 0 Å². The molecule has 1 aliphatic heterocycles. The van der Waals surface area contributed by atoms with Crippen LogP contribution in [0.2, 0.25) is 0 Å². The smallest absolute Gasteiger partial charge is 0.0666 e. The van der Waals surface area contributed by atoms with E-state index in [1.54, 1.807) is 0 Å². The minimum Gasteiger partial charge on any atom is -0.377 e. The summed E-state index contributed by atoms with van der Waals surface area (Å²) in [5.74, 6) is 1.10. The van der Waals surface area contributed by atoms with Crippen molar-refractivity contribution in [2.24, 2.45) is 0 Å². The third-order valence-electron chi connectivity index (χ3n) is 2.07. The summed E-state index contributed by atoms with van der Waals surface area (Å²) in [7, 11) is 0. The van der Waals surface area contributed by atoms with Gasteiger partial charge in [-0.1, -0.05) is 0 Å². The highest BCUT2D eigenvalue weighted by Gasteiger charge is 2.23. The molecule has 0 aromatic rings. The molecule has 0 aliphatic carbocycles. The Morgan fingerprint density at radius 3 is 3.08 bits per heavy atom. The lowest BCUT2D eigenvalue weighted by Gasteiger charge is -2.12. The fraction of sp³-hybridized carbons (Fsp3) is 0.889. The van der Waals surface area contributed by atoms with E-state index in [2.05, 4.69) is 13.0 Å². The SMILES string of the molecule is CC1OCCC1SCCCC#N. The first-order chi connectivity index (χ1) is 5.84. The summed E-state index contributed by atoms with van der Waals surface area (Å²) in [6, 6.07) is 2.16. The molecule has 3 heteroatoms. The molecule has 2 unspecified atom stereocenters. The van der Waals surface area contributed by atoms with Gasteiger partial charge in [-0.2, -0.15) is 17.0 Å². The zero-order valence-electron chi connectivity index (χ0n) is 7.45. The van der Waals surface area contributed by atoms with Gasteiger partial charge < -0.3 is 4.74 Å². The summed E-state index contributed by atoms with van der Waals surface area (Å²) < 4.78 is 5.44. The topological polar surface area (TPSA) is 33.0 Å². The molecule has 0 saturated carbocycles. The van der Waals surface area contributed by atoms with E-state index >= 15 is 0 Å². The van der Waals surface area contributed by atoms with Gasteiger partial charge >= 0.3 is 0 Å². The van der Waals surface area contributed by atoms with Gasteiger partial charge in [-0.15, -0.1) is 0 Å². The minimum absolute atomic E-state index is 0.414. The third kappa shape index (κ3) is 3.04. The Kier molecular flexibility index (Phi) is 4.49. The number of hydrogen-bond acceptors (Lipinski definition) is 3. The van der Waals surface area contributed by atoms with E-state index in [1.807, 2.05) is 11.8 Å². The molecule has 1 aliphatic rings. The maximum Gasteiger partial charge on any atom is 0.0666 e. The zero-order valence-corrected chi connectivity index (χ0v) is 8.27. The highest BCUT2D eigenvalue weighted by molar-refractivity contribution is 7.99. The van der Waals surface area contributed by atoms with Crippen molar-refractivity contribution in [3.05, 3.63) is 0 Å². The van der Waals surface area contributed by atoms with Crippen LogP contribution in [-0.2, 0) is 4.74 Å². The van der Waals surface area contributed by atoms with E-state index in [0.29, 0.717) is 17.8 Å². The lowest BCUT2D eigenvalue weighted by Crippen LogP contribution is -2.13. The van der Waals surface area contributed by atoms with Gasteiger partial charge in [-0.05, 0) is 25.5 Å². The number of ether oxygens (including phenoxy) is 1. The molecule has 0 spiro atoms. The molecule has 0 amide bonds. The minimum atomic E-state index is 0.414. The van der Waals surface area contributed by atoms with Gasteiger partial charge in [0.2, 0.25) is 0 Å². The van der Waals surface area contributed by atoms with Crippen molar-refractivity contribution in [1.29, 1.82) is 5.26 Å². The van der Waals surface area contributed by atoms with Crippen molar-refractivity contribution in [3.63, 3.8) is 0 Å². The summed E-state index contributed by atoms with van der Waals surface area (Å²) >= 11 is 1.96. The van der Waals surface area contributed by atoms with Crippen molar-refractivity contribution in [2.75, 3.05) is 12.4 Å². The standard InChI is InChI=1S/C9H15NOS/c1-8-9(4-6-11-8)12-7-3-2-5-10/h8-9H,2-4,6-7H2,1H3. The Morgan fingerprint density at radius 2 is 2.50 bits per heavy atom. The maximum atomic E-state index is 8.33. The van der Waals surface area contributed by atoms with E-state index in [1.165, 1.54) is 6.42 Å². The summed E-state index contributed by atoms with van der Waals surface area (Å²) in [6.45, 7) is 3.05. The van der Waals surface area contributed by atoms with E-state index < -0.39 is 0 Å². The first kappa shape index (κ1) is 9.88. The number of nitrogens with zero attached hydrogens (tertiary/aromatic N) is 1. The molecule has 1 saturated heterocycles. The van der Waals surface area contributed by atoms with Crippen molar-refractivity contribution in [2.45, 2.75) is 37.5 Å². The molecule has 1 heterocycles. The van der Waals surface area contributed by atoms with Crippen LogP contribution >= 0.6 is 11.8 Å². The second-order valence-electron chi connectivity index (χ2n) is 3.04. The first-order valence-corrected chi connectivity index (χ1v) is 5.49. The lowest BCUT2D eigenvalue weighted by molar-refractivity contribution is 0.127. The molecule has 0 radical (unpaired) electrons. The van der Waals surface area contributed by atoms with Gasteiger partial charge in [0.05, 0.1) is 12.2 Å². The molecule has 0 bridgehead atoms. The number of thioether (sulfide) groups is 1. The van der Waals surface area contributed by atoms with Crippen LogP contribution in [0.15, 0.2) is 0 Å². The lowest BCUT2D eigenvalue weighted by atomic mass is 10.3. The van der Waals surface area contributed by atoms with E-state index in [4.69, 9.17) is 10.00 Å². The fourth-order valence-corrected chi connectivity index (χ4v) is 2.54. The fourth-order valence-electron chi connectivity index (χ4n) is 1.32. The summed E-state index contributed by atoms with van der Waals surface area (Å²) in [5, 5.41) is 9.00. The summed E-state index contributed by atoms with van der Waals surface area (Å²) in [4.78, 5) is 0. The number of rotatable bonds is 4. The average molecular weight is 185 g/mol. The van der Waals surface area contributed by atoms with Crippen LogP contribution < -0.4 is 0 Å². The molecule has 2 atom stereocenters. The summed E-state index contributed by atoms with van der Waals surface area (Å²) in [6.07, 6.45) is 3.30. The average Bonchev–Trinajstić information content (AvgIpc) is 2.46. The van der Waals surface area contributed by atoms with Gasteiger partial charge in [-0.25, -0.2) is 0 Å². The first-order valence-electron chi connectivity index (χ1n) is 4.44. The Labute approximate surface area is 78.3 Å². The second-order valence-corrected chi connectivity index (χ2v) is 4.38. The normalized spacial score (nSPS) is 28.7. The molecule has 2 nitrogen and oxygen atoms in total. The van der Waals surface area contributed by atoms with Crippen LogP contribution in [0.5, 0.6) is 0 Å². The van der Waals surface area contributed by atoms with Gasteiger partial charge in [-0.3, -0.25) is 0 Å². The Morgan fingerprint density at radius 1 is 1.67 bits per heavy atom. The predicted octanol–water partition coefficient (Wildman–Crippen LogP) is 2.20. The van der Waals surface area contributed by atoms with E-state index in [0.717, 1.165) is 18.8 Å². The molecular formula is C9H15NOS. The molecule has 0 aromatic heterocycles. The molecule has 1 fully saturated rings. The molecular weight excluding hydrogens is 170 g/mol. The van der Waals surface area contributed by atoms with Crippen molar-refractivity contribution < 1.29 is 4.74 Å². The van der Waals surface area contributed by atoms with Gasteiger partial charge in [0.25, 0.3) is 0 Å². The molecule has 0 N–H and O–H groups in total. The number of unbranched alkanes of at least 4 members (excludes halogenated alkanes) is 1. The van der Waals surface area contributed by atoms with Crippen molar-refractivity contribution in [1.82, 2.24) is 0 Å². The molecule has 1 rings (SSSR count). The van der Waals surface area contributed by atoms with Gasteiger partial charge in [0, 0.05) is 18.3 Å². The van der Waals surface area contributed by atoms with Crippen LogP contribution in [0.1, 0.15) is 26.2 Å². The second kappa shape index (κ2) is 5.45. The Bertz CT molecular complexity index is 166. The Hall–Kier alpha value is -0.200. The number of nitriles is 1. The van der Waals surface area contributed by atoms with Crippen LogP contribution in [0.3, 0.4) is 0 Å². The highest BCUT2D eigenvalue weighted by atomic mass is 32.2. The van der Waals surface area contributed by atoms with Gasteiger partial charge in [0.1, 0.15) is 0 Å². The summed E-state index contributed by atoms with van der Waals surface area (Å²) in [5.41, 5.74) is 0. The van der Waals surface area contributed by atoms with Crippen LogP contribution in [0.4, 0.5) is 0 Å². The zero-order chi connectivity index (χ0) is 8.81. The quantitative estimate of drug-likeness (QED) is 0.629. The van der Waals surface area contributed by atoms with Crippen molar-refractivity contribution in [3.8, 4) is 6.07 Å². The van der Waals surface area contributed by atoms with E-state index in [-0.39, 0.29) is 0 Å². The van der Waals surface area contributed by atoms with Crippen LogP contribution in [-0.4, -0.2) is 23.7 Å². The number of hydrogen-bond donors (Lipinski definition) is 0. The monoisotopic (exact) mass is 185 g/mol. The van der Waals surface area contributed by atoms with Crippen molar-refractivity contribution >= 4 is 11.8 Å². The third-order valence-corrected chi connectivity index (χ3v) is 3.64. The van der Waals surface area contributed by atoms with Crippen LogP contribution in [0.25, 0.3) is 0 Å². The maximum absolute atomic E-state index is 8.33. The highest BCUT2D eigenvalue weighted by Crippen LogP contribution is 2.26. The Balaban J connectivity index is 2.03. The largest absolute Gasteiger partial charge is 0.377 e.